The van der Waals surface area contributed by atoms with Gasteiger partial charge in [-0.05, 0) is 47.9 Å². The fourth-order valence-electron chi connectivity index (χ4n) is 2.86. The summed E-state index contributed by atoms with van der Waals surface area (Å²) in [5, 5.41) is 0. The largest absolute Gasteiger partial charge is 0.497 e. The highest BCUT2D eigenvalue weighted by atomic mass is 16.5. The van der Waals surface area contributed by atoms with Crippen LogP contribution in [0.3, 0.4) is 0 Å². The number of ether oxygens (including phenoxy) is 3. The van der Waals surface area contributed by atoms with Crippen LogP contribution in [-0.4, -0.2) is 14.2 Å². The second kappa shape index (κ2) is 10.8. The predicted molar refractivity (Wildman–Crippen MR) is 119 cm³/mol. The van der Waals surface area contributed by atoms with Crippen molar-refractivity contribution in [2.45, 2.75) is 13.0 Å². The fourth-order valence-corrected chi connectivity index (χ4v) is 2.86. The molecule has 0 aromatic heterocycles. The van der Waals surface area contributed by atoms with Crippen LogP contribution in [0.4, 0.5) is 0 Å². The molecule has 0 aliphatic heterocycles. The van der Waals surface area contributed by atoms with Crippen molar-refractivity contribution in [2.75, 3.05) is 14.2 Å². The summed E-state index contributed by atoms with van der Waals surface area (Å²) < 4.78 is 16.4. The molecule has 3 nitrogen and oxygen atoms in total. The third kappa shape index (κ3) is 6.28. The number of benzene rings is 3. The van der Waals surface area contributed by atoms with E-state index in [4.69, 9.17) is 14.2 Å². The summed E-state index contributed by atoms with van der Waals surface area (Å²) in [6.45, 7) is 0.482. The van der Waals surface area contributed by atoms with Crippen LogP contribution >= 0.6 is 0 Å². The minimum atomic E-state index is 0.482. The van der Waals surface area contributed by atoms with Gasteiger partial charge in [-0.25, -0.2) is 0 Å². The Morgan fingerprint density at radius 2 is 1.24 bits per heavy atom. The van der Waals surface area contributed by atoms with Gasteiger partial charge in [0.05, 0.1) is 14.2 Å². The van der Waals surface area contributed by atoms with Gasteiger partial charge in [0.15, 0.2) is 0 Å². The van der Waals surface area contributed by atoms with Gasteiger partial charge in [0.25, 0.3) is 0 Å². The molecule has 0 heterocycles. The van der Waals surface area contributed by atoms with Crippen molar-refractivity contribution in [1.29, 1.82) is 0 Å². The molecule has 0 fully saturated rings. The Morgan fingerprint density at radius 3 is 1.83 bits per heavy atom. The Morgan fingerprint density at radius 1 is 0.655 bits per heavy atom. The van der Waals surface area contributed by atoms with Crippen molar-refractivity contribution < 1.29 is 14.2 Å². The van der Waals surface area contributed by atoms with Crippen LogP contribution in [0.1, 0.15) is 23.1 Å². The zero-order valence-electron chi connectivity index (χ0n) is 16.9. The first kappa shape index (κ1) is 20.3. The second-order valence-corrected chi connectivity index (χ2v) is 6.48. The van der Waals surface area contributed by atoms with Crippen molar-refractivity contribution in [1.82, 2.24) is 0 Å². The number of allylic oxidation sites excluding steroid dienone is 2. The topological polar surface area (TPSA) is 27.7 Å². The number of hydrogen-bond acceptors (Lipinski definition) is 3. The molecule has 0 unspecified atom stereocenters. The molecule has 0 N–H and O–H groups in total. The standard InChI is InChI=1S/C26H26O3/c1-27-24-16-12-21(13-17-24)8-4-3-5-9-22-14-18-25(19-15-22)29-20-23-10-6-7-11-26(23)28-2/h4-19H,3,20H2,1-2H3/b8-4+,9-5+. The molecule has 0 radical (unpaired) electrons. The summed E-state index contributed by atoms with van der Waals surface area (Å²) in [4.78, 5) is 0. The summed E-state index contributed by atoms with van der Waals surface area (Å²) in [5.74, 6) is 2.56. The van der Waals surface area contributed by atoms with Crippen LogP contribution in [0, 0.1) is 0 Å². The summed E-state index contributed by atoms with van der Waals surface area (Å²) >= 11 is 0. The molecule has 3 rings (SSSR count). The molecule has 0 saturated carbocycles. The molecule has 3 heteroatoms. The first-order chi connectivity index (χ1) is 14.3. The molecule has 0 spiro atoms. The van der Waals surface area contributed by atoms with Crippen LogP contribution < -0.4 is 14.2 Å². The Bertz CT molecular complexity index is 938. The second-order valence-electron chi connectivity index (χ2n) is 6.48. The molecule has 0 aliphatic rings. The van der Waals surface area contributed by atoms with Gasteiger partial charge >= 0.3 is 0 Å². The third-order valence-electron chi connectivity index (χ3n) is 4.48. The minimum absolute atomic E-state index is 0.482. The SMILES string of the molecule is COc1ccc(/C=C/C/C=C/c2ccc(OCc3ccccc3OC)cc2)cc1. The highest BCUT2D eigenvalue weighted by Gasteiger charge is 2.02. The Hall–Kier alpha value is -3.46. The van der Waals surface area contributed by atoms with Crippen molar-refractivity contribution in [3.05, 3.63) is 102 Å². The quantitative estimate of drug-likeness (QED) is 0.426. The number of para-hydroxylation sites is 1. The highest BCUT2D eigenvalue weighted by molar-refractivity contribution is 5.53. The zero-order chi connectivity index (χ0) is 20.3. The highest BCUT2D eigenvalue weighted by Crippen LogP contribution is 2.21. The molecule has 0 bridgehead atoms. The van der Waals surface area contributed by atoms with E-state index < -0.39 is 0 Å². The Kier molecular flexibility index (Phi) is 7.53. The van der Waals surface area contributed by atoms with Gasteiger partial charge in [0.2, 0.25) is 0 Å². The third-order valence-corrected chi connectivity index (χ3v) is 4.48. The molecule has 0 atom stereocenters. The molecular weight excluding hydrogens is 360 g/mol. The summed E-state index contributed by atoms with van der Waals surface area (Å²) in [6.07, 6.45) is 9.38. The Labute approximate surface area is 172 Å². The maximum atomic E-state index is 5.87. The van der Waals surface area contributed by atoms with E-state index in [1.165, 1.54) is 0 Å². The summed E-state index contributed by atoms with van der Waals surface area (Å²) in [6, 6.07) is 24.0. The van der Waals surface area contributed by atoms with E-state index in [0.717, 1.165) is 40.4 Å². The predicted octanol–water partition coefficient (Wildman–Crippen LogP) is 6.40. The van der Waals surface area contributed by atoms with Crippen LogP contribution in [0.2, 0.25) is 0 Å². The van der Waals surface area contributed by atoms with E-state index in [9.17, 15) is 0 Å². The molecule has 0 saturated heterocycles. The van der Waals surface area contributed by atoms with Gasteiger partial charge in [0.1, 0.15) is 23.9 Å². The molecule has 3 aromatic carbocycles. The van der Waals surface area contributed by atoms with Gasteiger partial charge in [-0.1, -0.05) is 66.8 Å². The van der Waals surface area contributed by atoms with E-state index in [0.29, 0.717) is 6.61 Å². The van der Waals surface area contributed by atoms with Gasteiger partial charge in [-0.15, -0.1) is 0 Å². The maximum Gasteiger partial charge on any atom is 0.125 e. The maximum absolute atomic E-state index is 5.87. The summed E-state index contributed by atoms with van der Waals surface area (Å²) in [5.41, 5.74) is 3.34. The average molecular weight is 386 g/mol. The lowest BCUT2D eigenvalue weighted by atomic mass is 10.1. The molecule has 148 valence electrons. The average Bonchev–Trinajstić information content (AvgIpc) is 2.79. The van der Waals surface area contributed by atoms with Crippen molar-refractivity contribution >= 4 is 12.2 Å². The van der Waals surface area contributed by atoms with Crippen LogP contribution in [0.5, 0.6) is 17.2 Å². The summed E-state index contributed by atoms with van der Waals surface area (Å²) in [7, 11) is 3.35. The van der Waals surface area contributed by atoms with Gasteiger partial charge in [-0.3, -0.25) is 0 Å². The molecular formula is C26H26O3. The molecule has 0 amide bonds. The van der Waals surface area contributed by atoms with Crippen LogP contribution in [-0.2, 0) is 6.61 Å². The van der Waals surface area contributed by atoms with Crippen molar-refractivity contribution in [3.63, 3.8) is 0 Å². The van der Waals surface area contributed by atoms with Crippen molar-refractivity contribution in [2.24, 2.45) is 0 Å². The van der Waals surface area contributed by atoms with E-state index in [-0.39, 0.29) is 0 Å². The lowest BCUT2D eigenvalue weighted by Crippen LogP contribution is -1.98. The van der Waals surface area contributed by atoms with E-state index >= 15 is 0 Å². The fraction of sp³-hybridized carbons (Fsp3) is 0.154. The van der Waals surface area contributed by atoms with E-state index in [1.54, 1.807) is 14.2 Å². The molecule has 29 heavy (non-hydrogen) atoms. The lowest BCUT2D eigenvalue weighted by molar-refractivity contribution is 0.296. The van der Waals surface area contributed by atoms with E-state index in [1.807, 2.05) is 60.7 Å². The minimum Gasteiger partial charge on any atom is -0.497 e. The van der Waals surface area contributed by atoms with E-state index in [2.05, 4.69) is 36.4 Å². The molecule has 0 aliphatic carbocycles. The van der Waals surface area contributed by atoms with Gasteiger partial charge < -0.3 is 14.2 Å². The van der Waals surface area contributed by atoms with Crippen LogP contribution in [0.25, 0.3) is 12.2 Å². The smallest absolute Gasteiger partial charge is 0.125 e. The first-order valence-electron chi connectivity index (χ1n) is 9.60. The zero-order valence-corrected chi connectivity index (χ0v) is 16.9. The number of rotatable bonds is 9. The first-order valence-corrected chi connectivity index (χ1v) is 9.60. The monoisotopic (exact) mass is 386 g/mol. The molecule has 3 aromatic rings. The Balaban J connectivity index is 1.47. The normalized spacial score (nSPS) is 11.1. The van der Waals surface area contributed by atoms with Crippen LogP contribution in [0.15, 0.2) is 84.9 Å². The van der Waals surface area contributed by atoms with Crippen molar-refractivity contribution in [3.8, 4) is 17.2 Å². The van der Waals surface area contributed by atoms with Gasteiger partial charge in [-0.2, -0.15) is 0 Å². The lowest BCUT2D eigenvalue weighted by Gasteiger charge is -2.10. The number of methoxy groups -OCH3 is 2. The number of hydrogen-bond donors (Lipinski definition) is 0. The van der Waals surface area contributed by atoms with Gasteiger partial charge in [0, 0.05) is 5.56 Å².